The van der Waals surface area contributed by atoms with Crippen LogP contribution in [-0.2, 0) is 52.3 Å². The summed E-state index contributed by atoms with van der Waals surface area (Å²) >= 11 is 0. The van der Waals surface area contributed by atoms with E-state index in [-0.39, 0.29) is 21.1 Å². The molecule has 0 aromatic heterocycles. The Kier molecular flexibility index (Phi) is 8.14. The van der Waals surface area contributed by atoms with E-state index in [0.29, 0.717) is 0 Å². The second-order valence-electron chi connectivity index (χ2n) is 2.06. The van der Waals surface area contributed by atoms with Crippen LogP contribution in [0, 0.1) is 0 Å². The SMILES string of the molecule is O=P([O-])([O-])OP(=O)([O-])OP(=O)([O-])OP(=O)([O-])O.[Pt]. The van der Waals surface area contributed by atoms with Crippen LogP contribution < -0.4 is 24.5 Å². The molecule has 0 aromatic rings. The van der Waals surface area contributed by atoms with Crippen LogP contribution in [0.1, 0.15) is 0 Å². The maximum Gasteiger partial charge on any atom is 0.280 e. The standard InChI is InChI=1S/H6O13P4.Pt/c1-14(2,3)11-16(7,8)13-17(9,10)12-15(4,5)6;/h(H,7,8)(H,9,10)(H2,1,2,3)(H2,4,5,6);/p-5. The Bertz CT molecular complexity index is 408. The molecular weight excluding hydrogens is 527 g/mol. The second kappa shape index (κ2) is 6.80. The molecule has 0 spiro atoms. The molecule has 0 heterocycles. The van der Waals surface area contributed by atoms with Crippen LogP contribution in [0.3, 0.4) is 0 Å². The molecule has 0 fully saturated rings. The first-order valence-corrected chi connectivity index (χ1v) is 8.82. The van der Waals surface area contributed by atoms with Crippen molar-refractivity contribution in [1.82, 2.24) is 0 Å². The summed E-state index contributed by atoms with van der Waals surface area (Å²) in [4.78, 5) is 58.3. The molecule has 0 aromatic carbocycles. The fourth-order valence-corrected chi connectivity index (χ4v) is 4.15. The molecule has 0 radical (unpaired) electrons. The van der Waals surface area contributed by atoms with E-state index in [1.165, 1.54) is 0 Å². The molecule has 0 saturated carbocycles. The third kappa shape index (κ3) is 12.3. The smallest absolute Gasteiger partial charge is 0.280 e. The van der Waals surface area contributed by atoms with Crippen LogP contribution in [0.4, 0.5) is 0 Å². The van der Waals surface area contributed by atoms with Gasteiger partial charge in [-0.05, 0) is 0 Å². The Morgan fingerprint density at radius 2 is 1.06 bits per heavy atom. The van der Waals surface area contributed by atoms with Crippen molar-refractivity contribution in [1.29, 1.82) is 0 Å². The maximum atomic E-state index is 10.5. The number of phosphoric acid groups is 4. The van der Waals surface area contributed by atoms with Gasteiger partial charge in [-0.1, -0.05) is 0 Å². The van der Waals surface area contributed by atoms with Gasteiger partial charge in [-0.25, -0.2) is 8.62 Å². The molecule has 18 heteroatoms. The van der Waals surface area contributed by atoms with Gasteiger partial charge in [0.15, 0.2) is 0 Å². The minimum absolute atomic E-state index is 0. The summed E-state index contributed by atoms with van der Waals surface area (Å²) in [5.74, 6) is 0. The Morgan fingerprint density at radius 3 is 1.33 bits per heavy atom. The van der Waals surface area contributed by atoms with Crippen molar-refractivity contribution >= 4 is 31.3 Å². The normalized spacial score (nSPS) is 22.1. The van der Waals surface area contributed by atoms with Crippen molar-refractivity contribution in [2.24, 2.45) is 0 Å². The van der Waals surface area contributed by atoms with Gasteiger partial charge in [0.05, 0.1) is 7.82 Å². The first-order chi connectivity index (χ1) is 7.12. The Labute approximate surface area is 113 Å². The van der Waals surface area contributed by atoms with Crippen molar-refractivity contribution in [3.8, 4) is 0 Å². The summed E-state index contributed by atoms with van der Waals surface area (Å²) < 4.78 is 48.9. The van der Waals surface area contributed by atoms with E-state index < -0.39 is 31.3 Å². The Morgan fingerprint density at radius 1 is 0.722 bits per heavy atom. The average molecular weight is 528 g/mol. The Balaban J connectivity index is 0. The monoisotopic (exact) mass is 528 g/mol. The number of hydrogen-bond donors (Lipinski definition) is 1. The topological polar surface area (TPSA) is 232 Å². The van der Waals surface area contributed by atoms with Crippen LogP contribution >= 0.6 is 31.3 Å². The van der Waals surface area contributed by atoms with Crippen LogP contribution in [-0.4, -0.2) is 4.89 Å². The summed E-state index contributed by atoms with van der Waals surface area (Å²) in [7, 11) is -24.5. The molecule has 13 nitrogen and oxygen atoms in total. The Hall–Kier alpha value is 1.25. The molecule has 3 atom stereocenters. The molecular formula is HO13P4Pt-5. The van der Waals surface area contributed by atoms with Gasteiger partial charge >= 0.3 is 0 Å². The van der Waals surface area contributed by atoms with Crippen molar-refractivity contribution in [2.45, 2.75) is 0 Å². The number of hydrogen-bond acceptors (Lipinski definition) is 12. The maximum absolute atomic E-state index is 10.5. The third-order valence-corrected chi connectivity index (χ3v) is 5.43. The van der Waals surface area contributed by atoms with Crippen LogP contribution in [0.15, 0.2) is 0 Å². The predicted molar refractivity (Wildman–Crippen MR) is 35.9 cm³/mol. The molecule has 0 amide bonds. The van der Waals surface area contributed by atoms with Crippen molar-refractivity contribution in [3.05, 3.63) is 0 Å². The number of rotatable bonds is 6. The summed E-state index contributed by atoms with van der Waals surface area (Å²) in [6.45, 7) is 0. The van der Waals surface area contributed by atoms with Gasteiger partial charge in [-0.15, -0.1) is 0 Å². The molecule has 18 heavy (non-hydrogen) atoms. The zero-order valence-electron chi connectivity index (χ0n) is 7.45. The molecule has 1 N–H and O–H groups in total. The predicted octanol–water partition coefficient (Wildman–Crippen LogP) is -3.74. The van der Waals surface area contributed by atoms with E-state index in [0.717, 1.165) is 0 Å². The third-order valence-electron chi connectivity index (χ3n) is 0.603. The van der Waals surface area contributed by atoms with Gasteiger partial charge in [0.2, 0.25) is 0 Å². The quantitative estimate of drug-likeness (QED) is 0.327. The van der Waals surface area contributed by atoms with Gasteiger partial charge in [0, 0.05) is 21.1 Å². The summed E-state index contributed by atoms with van der Waals surface area (Å²) in [6.07, 6.45) is 0. The molecule has 0 bridgehead atoms. The van der Waals surface area contributed by atoms with Crippen molar-refractivity contribution in [3.63, 3.8) is 0 Å². The zero-order chi connectivity index (χ0) is 14.1. The van der Waals surface area contributed by atoms with Gasteiger partial charge in [-0.2, -0.15) is 0 Å². The van der Waals surface area contributed by atoms with Crippen LogP contribution in [0.25, 0.3) is 0 Å². The molecule has 0 aliphatic heterocycles. The summed E-state index contributed by atoms with van der Waals surface area (Å²) in [6, 6.07) is 0. The fraction of sp³-hybridized carbons (Fsp3) is 0. The average Bonchev–Trinajstić information content (AvgIpc) is 1.65. The van der Waals surface area contributed by atoms with Gasteiger partial charge in [-0.3, -0.25) is 18.0 Å². The summed E-state index contributed by atoms with van der Waals surface area (Å²) in [5, 5.41) is 0. The minimum atomic E-state index is -6.23. The molecule has 0 aliphatic carbocycles. The van der Waals surface area contributed by atoms with E-state index in [2.05, 4.69) is 12.9 Å². The largest absolute Gasteiger partial charge is 0.790 e. The van der Waals surface area contributed by atoms with Crippen LogP contribution in [0.5, 0.6) is 0 Å². The van der Waals surface area contributed by atoms with E-state index >= 15 is 0 Å². The van der Waals surface area contributed by atoms with Crippen LogP contribution in [0.2, 0.25) is 0 Å². The molecule has 114 valence electrons. The summed E-state index contributed by atoms with van der Waals surface area (Å²) in [5.41, 5.74) is 0. The molecule has 0 aliphatic rings. The fourth-order valence-electron chi connectivity index (χ4n) is 0.401. The first kappa shape index (κ1) is 21.5. The molecule has 0 rings (SSSR count). The molecule has 3 unspecified atom stereocenters. The van der Waals surface area contributed by atoms with E-state index in [9.17, 15) is 42.7 Å². The van der Waals surface area contributed by atoms with E-state index in [4.69, 9.17) is 4.89 Å². The van der Waals surface area contributed by atoms with E-state index in [1.54, 1.807) is 0 Å². The van der Waals surface area contributed by atoms with Crippen molar-refractivity contribution in [2.75, 3.05) is 0 Å². The van der Waals surface area contributed by atoms with Gasteiger partial charge in [0.25, 0.3) is 23.5 Å². The first-order valence-electron chi connectivity index (χ1n) is 2.94. The van der Waals surface area contributed by atoms with Gasteiger partial charge in [0.1, 0.15) is 0 Å². The van der Waals surface area contributed by atoms with E-state index in [1.807, 2.05) is 0 Å². The van der Waals surface area contributed by atoms with Gasteiger partial charge < -0.3 is 33.9 Å². The zero-order valence-corrected chi connectivity index (χ0v) is 13.3. The second-order valence-corrected chi connectivity index (χ2v) is 7.64. The molecule has 0 saturated heterocycles. The van der Waals surface area contributed by atoms with Crippen molar-refractivity contribution < 1.29 is 81.6 Å². The minimum Gasteiger partial charge on any atom is -0.790 e.